The van der Waals surface area contributed by atoms with E-state index in [0.717, 1.165) is 58.1 Å². The minimum Gasteiger partial charge on any atom is -0.381 e. The van der Waals surface area contributed by atoms with Crippen molar-refractivity contribution >= 4 is 5.96 Å². The summed E-state index contributed by atoms with van der Waals surface area (Å²) in [5, 5.41) is 7.74. The summed E-state index contributed by atoms with van der Waals surface area (Å²) in [6, 6.07) is 0. The largest absolute Gasteiger partial charge is 0.381 e. The first-order valence-corrected chi connectivity index (χ1v) is 8.76. The summed E-state index contributed by atoms with van der Waals surface area (Å²) in [7, 11) is 3.83. The second kappa shape index (κ2) is 9.55. The third kappa shape index (κ3) is 5.53. The van der Waals surface area contributed by atoms with E-state index in [9.17, 15) is 0 Å². The van der Waals surface area contributed by atoms with Gasteiger partial charge in [0.15, 0.2) is 5.96 Å². The van der Waals surface area contributed by atoms with Crippen molar-refractivity contribution in [1.29, 1.82) is 0 Å². The van der Waals surface area contributed by atoms with Crippen molar-refractivity contribution < 1.29 is 4.74 Å². The van der Waals surface area contributed by atoms with Gasteiger partial charge in [-0.2, -0.15) is 5.10 Å². The van der Waals surface area contributed by atoms with Gasteiger partial charge in [-0.25, -0.2) is 0 Å². The maximum absolute atomic E-state index is 5.59. The molecular formula is C17H31N5O. The van der Waals surface area contributed by atoms with Gasteiger partial charge in [-0.05, 0) is 24.8 Å². The van der Waals surface area contributed by atoms with Crippen LogP contribution >= 0.6 is 0 Å². The number of aromatic nitrogens is 2. The van der Waals surface area contributed by atoms with E-state index in [0.29, 0.717) is 5.92 Å². The minimum absolute atomic E-state index is 0.555. The number of aliphatic imine (C=N–C) groups is 1. The van der Waals surface area contributed by atoms with E-state index >= 15 is 0 Å². The molecule has 23 heavy (non-hydrogen) atoms. The molecule has 1 saturated heterocycles. The molecule has 1 unspecified atom stereocenters. The Morgan fingerprint density at radius 1 is 1.43 bits per heavy atom. The Hall–Kier alpha value is -1.56. The fraction of sp³-hybridized carbons (Fsp3) is 0.765. The molecule has 2 heterocycles. The van der Waals surface area contributed by atoms with Crippen LogP contribution in [0.2, 0.25) is 0 Å². The van der Waals surface area contributed by atoms with Gasteiger partial charge in [-0.15, -0.1) is 0 Å². The molecule has 6 heteroatoms. The molecule has 0 saturated carbocycles. The molecule has 6 nitrogen and oxygen atoms in total. The Morgan fingerprint density at radius 3 is 2.96 bits per heavy atom. The number of ether oxygens (including phenoxy) is 1. The van der Waals surface area contributed by atoms with Gasteiger partial charge in [0.2, 0.25) is 0 Å². The lowest BCUT2D eigenvalue weighted by Crippen LogP contribution is -2.40. The molecule has 0 aromatic carbocycles. The van der Waals surface area contributed by atoms with Crippen LogP contribution in [0.3, 0.4) is 0 Å². The second-order valence-electron chi connectivity index (χ2n) is 6.17. The van der Waals surface area contributed by atoms with E-state index < -0.39 is 0 Å². The van der Waals surface area contributed by atoms with Crippen LogP contribution in [0.1, 0.15) is 44.1 Å². The van der Waals surface area contributed by atoms with Gasteiger partial charge >= 0.3 is 0 Å². The smallest absolute Gasteiger partial charge is 0.193 e. The maximum atomic E-state index is 5.59. The van der Waals surface area contributed by atoms with Gasteiger partial charge in [0.05, 0.1) is 6.20 Å². The molecule has 1 aromatic rings. The number of aryl methyl sites for hydroxylation is 1. The van der Waals surface area contributed by atoms with Gasteiger partial charge in [-0.3, -0.25) is 9.67 Å². The number of nitrogens with zero attached hydrogens (tertiary/aromatic N) is 4. The third-order valence-electron chi connectivity index (χ3n) is 4.29. The van der Waals surface area contributed by atoms with E-state index in [1.54, 1.807) is 0 Å². The van der Waals surface area contributed by atoms with Crippen molar-refractivity contribution in [2.24, 2.45) is 12.0 Å². The molecule has 0 aliphatic carbocycles. The van der Waals surface area contributed by atoms with Gasteiger partial charge in [0, 0.05) is 59.1 Å². The number of likely N-dealkylation sites (tertiary alicyclic amines) is 1. The monoisotopic (exact) mass is 321 g/mol. The summed E-state index contributed by atoms with van der Waals surface area (Å²) in [4.78, 5) is 6.76. The van der Waals surface area contributed by atoms with Crippen LogP contribution in [-0.2, 0) is 11.8 Å². The molecule has 1 fully saturated rings. The standard InChI is InChI=1S/C17H31N5O/c1-4-5-10-23-11-6-8-19-17(18-2)22-9-7-15(14-22)16-12-20-21(3)13-16/h12-13,15H,4-11,14H2,1-3H3,(H,18,19). The van der Waals surface area contributed by atoms with Gasteiger partial charge in [0.25, 0.3) is 0 Å². The number of guanidine groups is 1. The van der Waals surface area contributed by atoms with Crippen LogP contribution in [0.5, 0.6) is 0 Å². The predicted molar refractivity (Wildman–Crippen MR) is 93.8 cm³/mol. The lowest BCUT2D eigenvalue weighted by molar-refractivity contribution is 0.129. The van der Waals surface area contributed by atoms with Crippen LogP contribution in [-0.4, -0.2) is 60.5 Å². The predicted octanol–water partition coefficient (Wildman–Crippen LogP) is 1.99. The number of rotatable bonds is 8. The summed E-state index contributed by atoms with van der Waals surface area (Å²) >= 11 is 0. The second-order valence-corrected chi connectivity index (χ2v) is 6.17. The molecule has 2 rings (SSSR count). The summed E-state index contributed by atoms with van der Waals surface area (Å²) in [6.45, 7) is 6.85. The fourth-order valence-electron chi connectivity index (χ4n) is 2.93. The molecule has 1 atom stereocenters. The van der Waals surface area contributed by atoms with E-state index in [1.807, 2.05) is 25.0 Å². The van der Waals surface area contributed by atoms with Crippen LogP contribution in [0, 0.1) is 0 Å². The highest BCUT2D eigenvalue weighted by atomic mass is 16.5. The quantitative estimate of drug-likeness (QED) is 0.452. The number of nitrogens with one attached hydrogen (secondary N) is 1. The maximum Gasteiger partial charge on any atom is 0.193 e. The van der Waals surface area contributed by atoms with Crippen LogP contribution in [0.15, 0.2) is 17.4 Å². The summed E-state index contributed by atoms with van der Waals surface area (Å²) < 4.78 is 7.47. The highest BCUT2D eigenvalue weighted by Gasteiger charge is 2.26. The molecule has 0 amide bonds. The molecular weight excluding hydrogens is 290 g/mol. The average molecular weight is 321 g/mol. The first kappa shape index (κ1) is 17.8. The first-order chi connectivity index (χ1) is 11.2. The topological polar surface area (TPSA) is 54.7 Å². The van der Waals surface area contributed by atoms with Crippen molar-refractivity contribution in [3.8, 4) is 0 Å². The molecule has 0 spiro atoms. The Morgan fingerprint density at radius 2 is 2.26 bits per heavy atom. The van der Waals surface area contributed by atoms with Gasteiger partial charge in [0.1, 0.15) is 0 Å². The zero-order valence-electron chi connectivity index (χ0n) is 14.8. The highest BCUT2D eigenvalue weighted by Crippen LogP contribution is 2.26. The van der Waals surface area contributed by atoms with E-state index in [4.69, 9.17) is 4.74 Å². The molecule has 1 aromatic heterocycles. The summed E-state index contributed by atoms with van der Waals surface area (Å²) in [5.74, 6) is 1.56. The SMILES string of the molecule is CCCCOCCCNC(=NC)N1CCC(c2cnn(C)c2)C1. The number of hydrogen-bond acceptors (Lipinski definition) is 3. The van der Waals surface area contributed by atoms with Crippen molar-refractivity contribution in [3.63, 3.8) is 0 Å². The minimum atomic E-state index is 0.555. The number of unbranched alkanes of at least 4 members (excludes halogenated alkanes) is 1. The Labute approximate surface area is 139 Å². The van der Waals surface area contributed by atoms with Crippen LogP contribution < -0.4 is 5.32 Å². The van der Waals surface area contributed by atoms with E-state index in [2.05, 4.69) is 33.4 Å². The lowest BCUT2D eigenvalue weighted by atomic mass is 10.0. The molecule has 1 aliphatic heterocycles. The van der Waals surface area contributed by atoms with Crippen LogP contribution in [0.4, 0.5) is 0 Å². The molecule has 0 bridgehead atoms. The normalized spacial score (nSPS) is 18.7. The number of hydrogen-bond donors (Lipinski definition) is 1. The van der Waals surface area contributed by atoms with Crippen molar-refractivity contribution in [1.82, 2.24) is 20.0 Å². The van der Waals surface area contributed by atoms with Crippen molar-refractivity contribution in [3.05, 3.63) is 18.0 Å². The summed E-state index contributed by atoms with van der Waals surface area (Å²) in [6.07, 6.45) is 8.63. The van der Waals surface area contributed by atoms with E-state index in [-0.39, 0.29) is 0 Å². The molecule has 0 radical (unpaired) electrons. The van der Waals surface area contributed by atoms with E-state index in [1.165, 1.54) is 12.0 Å². The molecule has 1 aliphatic rings. The molecule has 130 valence electrons. The summed E-state index contributed by atoms with van der Waals surface area (Å²) in [5.41, 5.74) is 1.33. The third-order valence-corrected chi connectivity index (χ3v) is 4.29. The average Bonchev–Trinajstić information content (AvgIpc) is 3.19. The van der Waals surface area contributed by atoms with Gasteiger partial charge in [-0.1, -0.05) is 13.3 Å². The Balaban J connectivity index is 1.68. The van der Waals surface area contributed by atoms with Gasteiger partial charge < -0.3 is 15.0 Å². The lowest BCUT2D eigenvalue weighted by Gasteiger charge is -2.21. The fourth-order valence-corrected chi connectivity index (χ4v) is 2.93. The van der Waals surface area contributed by atoms with Crippen molar-refractivity contribution in [2.75, 3.05) is 39.9 Å². The zero-order valence-corrected chi connectivity index (χ0v) is 14.8. The Bertz CT molecular complexity index is 485. The van der Waals surface area contributed by atoms with Crippen LogP contribution in [0.25, 0.3) is 0 Å². The molecule has 1 N–H and O–H groups in total. The Kier molecular flexibility index (Phi) is 7.39. The highest BCUT2D eigenvalue weighted by molar-refractivity contribution is 5.80. The van der Waals surface area contributed by atoms with Crippen molar-refractivity contribution in [2.45, 2.75) is 38.5 Å². The first-order valence-electron chi connectivity index (χ1n) is 8.76. The zero-order chi connectivity index (χ0) is 16.5.